The zero-order valence-corrected chi connectivity index (χ0v) is 12.7. The molecule has 1 aromatic carbocycles. The van der Waals surface area contributed by atoms with E-state index in [-0.39, 0.29) is 18.2 Å². The molecular formula is C17H14FN3O3. The Balaban J connectivity index is 1.76. The number of fused-ring (bicyclic) bond motifs is 1. The highest BCUT2D eigenvalue weighted by Gasteiger charge is 2.30. The van der Waals surface area contributed by atoms with Crippen LogP contribution >= 0.6 is 0 Å². The fourth-order valence-electron chi connectivity index (χ4n) is 3.19. The number of carbonyl (C=O) groups excluding carboxylic acids is 2. The summed E-state index contributed by atoms with van der Waals surface area (Å²) in [6.45, 7) is 0.807. The minimum atomic E-state index is -0.435. The molecule has 1 saturated heterocycles. The van der Waals surface area contributed by atoms with Gasteiger partial charge in [-0.25, -0.2) is 9.18 Å². The summed E-state index contributed by atoms with van der Waals surface area (Å²) in [5, 5.41) is 2.80. The van der Waals surface area contributed by atoms with Crippen molar-refractivity contribution < 1.29 is 18.7 Å². The second kappa shape index (κ2) is 5.59. The van der Waals surface area contributed by atoms with E-state index in [9.17, 15) is 14.0 Å². The summed E-state index contributed by atoms with van der Waals surface area (Å²) in [6.07, 6.45) is 2.42. The van der Waals surface area contributed by atoms with E-state index in [0.717, 1.165) is 11.8 Å². The third-order valence-electron chi connectivity index (χ3n) is 4.33. The van der Waals surface area contributed by atoms with Gasteiger partial charge in [-0.2, -0.15) is 0 Å². The largest absolute Gasteiger partial charge is 0.447 e. The van der Waals surface area contributed by atoms with Crippen LogP contribution in [0.2, 0.25) is 0 Å². The Morgan fingerprint density at radius 2 is 2.12 bits per heavy atom. The Morgan fingerprint density at radius 1 is 1.25 bits per heavy atom. The molecule has 1 N–H and O–H groups in total. The number of rotatable bonds is 2. The molecule has 122 valence electrons. The van der Waals surface area contributed by atoms with Crippen molar-refractivity contribution in [3.8, 4) is 0 Å². The average Bonchev–Trinajstić information content (AvgIpc) is 3.00. The van der Waals surface area contributed by atoms with Crippen LogP contribution in [0.1, 0.15) is 23.5 Å². The molecule has 0 saturated carbocycles. The molecule has 2 aromatic rings. The van der Waals surface area contributed by atoms with E-state index in [1.165, 1.54) is 11.1 Å². The number of hydrogen-bond donors (Lipinski definition) is 1. The molecule has 2 amide bonds. The SMILES string of the molecule is O=C1CC(c2ccncc2F)c2ccc(N3CCOC3=O)cc2N1. The maximum absolute atomic E-state index is 14.1. The molecule has 0 spiro atoms. The molecule has 4 rings (SSSR count). The van der Waals surface area contributed by atoms with Gasteiger partial charge in [0.15, 0.2) is 0 Å². The van der Waals surface area contributed by atoms with Gasteiger partial charge in [0.05, 0.1) is 12.7 Å². The predicted molar refractivity (Wildman–Crippen MR) is 84.4 cm³/mol. The molecule has 6 nitrogen and oxygen atoms in total. The van der Waals surface area contributed by atoms with E-state index in [0.29, 0.717) is 30.1 Å². The number of nitrogens with one attached hydrogen (secondary N) is 1. The van der Waals surface area contributed by atoms with Gasteiger partial charge < -0.3 is 10.1 Å². The van der Waals surface area contributed by atoms with Crippen molar-refractivity contribution in [3.63, 3.8) is 0 Å². The number of aromatic nitrogens is 1. The summed E-state index contributed by atoms with van der Waals surface area (Å²) in [5.41, 5.74) is 2.49. The van der Waals surface area contributed by atoms with Crippen molar-refractivity contribution in [3.05, 3.63) is 53.6 Å². The first kappa shape index (κ1) is 14.6. The predicted octanol–water partition coefficient (Wildman–Crippen LogP) is 2.65. The number of pyridine rings is 1. The molecule has 1 aromatic heterocycles. The van der Waals surface area contributed by atoms with Crippen molar-refractivity contribution in [2.75, 3.05) is 23.4 Å². The van der Waals surface area contributed by atoms with E-state index in [1.54, 1.807) is 18.2 Å². The molecule has 1 fully saturated rings. The van der Waals surface area contributed by atoms with Gasteiger partial charge in [0.2, 0.25) is 5.91 Å². The van der Waals surface area contributed by atoms with Crippen LogP contribution in [0.15, 0.2) is 36.7 Å². The molecule has 3 heterocycles. The summed E-state index contributed by atoms with van der Waals surface area (Å²) in [4.78, 5) is 29.0. The smallest absolute Gasteiger partial charge is 0.414 e. The summed E-state index contributed by atoms with van der Waals surface area (Å²) < 4.78 is 19.0. The lowest BCUT2D eigenvalue weighted by atomic mass is 9.85. The van der Waals surface area contributed by atoms with Crippen molar-refractivity contribution in [1.82, 2.24) is 4.98 Å². The molecule has 2 aliphatic rings. The Morgan fingerprint density at radius 3 is 2.88 bits per heavy atom. The quantitative estimate of drug-likeness (QED) is 0.920. The van der Waals surface area contributed by atoms with Gasteiger partial charge in [-0.05, 0) is 29.3 Å². The summed E-state index contributed by atoms with van der Waals surface area (Å²) in [6, 6.07) is 6.93. The summed E-state index contributed by atoms with van der Waals surface area (Å²) in [5.74, 6) is -1.00. The Kier molecular flexibility index (Phi) is 3.41. The summed E-state index contributed by atoms with van der Waals surface area (Å²) in [7, 11) is 0. The van der Waals surface area contributed by atoms with Crippen LogP contribution in [0.5, 0.6) is 0 Å². The third kappa shape index (κ3) is 2.38. The van der Waals surface area contributed by atoms with Gasteiger partial charge in [-0.15, -0.1) is 0 Å². The number of cyclic esters (lactones) is 1. The molecule has 24 heavy (non-hydrogen) atoms. The lowest BCUT2D eigenvalue weighted by molar-refractivity contribution is -0.116. The standard InChI is InChI=1S/C17H14FN3O3/c18-14-9-19-4-3-11(14)13-8-16(22)20-15-7-10(1-2-12(13)15)21-5-6-24-17(21)23/h1-4,7,9,13H,5-6,8H2,(H,20,22). The zero-order valence-electron chi connectivity index (χ0n) is 12.7. The van der Waals surface area contributed by atoms with E-state index in [1.807, 2.05) is 6.07 Å². The molecule has 0 bridgehead atoms. The van der Waals surface area contributed by atoms with Crippen LogP contribution in [0, 0.1) is 5.82 Å². The van der Waals surface area contributed by atoms with E-state index < -0.39 is 11.9 Å². The van der Waals surface area contributed by atoms with E-state index in [2.05, 4.69) is 10.3 Å². The maximum atomic E-state index is 14.1. The Labute approximate surface area is 137 Å². The summed E-state index contributed by atoms with van der Waals surface area (Å²) >= 11 is 0. The number of hydrogen-bond acceptors (Lipinski definition) is 4. The second-order valence-electron chi connectivity index (χ2n) is 5.74. The lowest BCUT2D eigenvalue weighted by Gasteiger charge is -2.27. The van der Waals surface area contributed by atoms with Crippen LogP contribution < -0.4 is 10.2 Å². The first-order valence-electron chi connectivity index (χ1n) is 7.61. The van der Waals surface area contributed by atoms with Crippen LogP contribution in [-0.4, -0.2) is 30.1 Å². The van der Waals surface area contributed by atoms with Crippen LogP contribution in [0.4, 0.5) is 20.6 Å². The Bertz CT molecular complexity index is 840. The van der Waals surface area contributed by atoms with Gasteiger partial charge in [-0.3, -0.25) is 14.7 Å². The molecule has 1 atom stereocenters. The van der Waals surface area contributed by atoms with E-state index in [4.69, 9.17) is 4.74 Å². The zero-order chi connectivity index (χ0) is 16.7. The average molecular weight is 327 g/mol. The fraction of sp³-hybridized carbons (Fsp3) is 0.235. The number of halogens is 1. The number of amides is 2. The second-order valence-corrected chi connectivity index (χ2v) is 5.74. The van der Waals surface area contributed by atoms with Crippen molar-refractivity contribution >= 4 is 23.4 Å². The van der Waals surface area contributed by atoms with Crippen molar-refractivity contribution in [2.45, 2.75) is 12.3 Å². The number of carbonyl (C=O) groups is 2. The van der Waals surface area contributed by atoms with Crippen molar-refractivity contribution in [2.24, 2.45) is 0 Å². The normalized spacial score (nSPS) is 19.7. The molecule has 0 aliphatic carbocycles. The molecule has 2 aliphatic heterocycles. The highest BCUT2D eigenvalue weighted by molar-refractivity contribution is 5.97. The van der Waals surface area contributed by atoms with Crippen molar-refractivity contribution in [1.29, 1.82) is 0 Å². The first-order valence-corrected chi connectivity index (χ1v) is 7.61. The molecular weight excluding hydrogens is 313 g/mol. The van der Waals surface area contributed by atoms with Gasteiger partial charge in [0.25, 0.3) is 0 Å². The number of anilines is 2. The molecule has 0 radical (unpaired) electrons. The molecule has 1 unspecified atom stereocenters. The fourth-order valence-corrected chi connectivity index (χ4v) is 3.19. The minimum Gasteiger partial charge on any atom is -0.447 e. The topological polar surface area (TPSA) is 71.5 Å². The number of ether oxygens (including phenoxy) is 1. The van der Waals surface area contributed by atoms with Gasteiger partial charge in [0.1, 0.15) is 12.4 Å². The Hall–Kier alpha value is -2.96. The monoisotopic (exact) mass is 327 g/mol. The number of benzene rings is 1. The van der Waals surface area contributed by atoms with Crippen LogP contribution in [0.25, 0.3) is 0 Å². The van der Waals surface area contributed by atoms with E-state index >= 15 is 0 Å². The highest BCUT2D eigenvalue weighted by Crippen LogP contribution is 2.39. The van der Waals surface area contributed by atoms with Crippen LogP contribution in [-0.2, 0) is 9.53 Å². The maximum Gasteiger partial charge on any atom is 0.414 e. The third-order valence-corrected chi connectivity index (χ3v) is 4.33. The molecule has 7 heteroatoms. The first-order chi connectivity index (χ1) is 11.6. The van der Waals surface area contributed by atoms with Gasteiger partial charge in [0, 0.05) is 29.9 Å². The highest BCUT2D eigenvalue weighted by atomic mass is 19.1. The minimum absolute atomic E-state index is 0.166. The number of nitrogens with zero attached hydrogens (tertiary/aromatic N) is 2. The van der Waals surface area contributed by atoms with Gasteiger partial charge in [-0.1, -0.05) is 6.07 Å². The lowest BCUT2D eigenvalue weighted by Crippen LogP contribution is -2.26. The van der Waals surface area contributed by atoms with Crippen LogP contribution in [0.3, 0.4) is 0 Å². The van der Waals surface area contributed by atoms with Gasteiger partial charge >= 0.3 is 6.09 Å².